The molecule has 0 radical (unpaired) electrons. The second-order valence-electron chi connectivity index (χ2n) is 6.33. The van der Waals surface area contributed by atoms with Gasteiger partial charge < -0.3 is 20.1 Å². The maximum absolute atomic E-state index is 12.5. The highest BCUT2D eigenvalue weighted by Crippen LogP contribution is 2.20. The number of benzene rings is 2. The van der Waals surface area contributed by atoms with Gasteiger partial charge in [-0.05, 0) is 61.4 Å². The van der Waals surface area contributed by atoms with Crippen molar-refractivity contribution < 1.29 is 14.3 Å². The molecule has 29 heavy (non-hydrogen) atoms. The molecule has 1 amide bonds. The van der Waals surface area contributed by atoms with Gasteiger partial charge in [0.05, 0.1) is 13.7 Å². The summed E-state index contributed by atoms with van der Waals surface area (Å²) < 4.78 is 10.8. The number of rotatable bonds is 9. The number of nitrogens with zero attached hydrogens (tertiary/aromatic N) is 1. The van der Waals surface area contributed by atoms with Crippen LogP contribution in [0.25, 0.3) is 0 Å². The van der Waals surface area contributed by atoms with Crippen LogP contribution in [0.5, 0.6) is 11.5 Å². The molecule has 0 aliphatic carbocycles. The van der Waals surface area contributed by atoms with Crippen LogP contribution in [0.3, 0.4) is 0 Å². The van der Waals surface area contributed by atoms with E-state index in [0.29, 0.717) is 31.0 Å². The molecule has 0 spiro atoms. The summed E-state index contributed by atoms with van der Waals surface area (Å²) >= 11 is 0. The molecule has 3 rings (SSSR count). The van der Waals surface area contributed by atoms with Gasteiger partial charge in [0, 0.05) is 24.0 Å². The van der Waals surface area contributed by atoms with Crippen molar-refractivity contribution in [3.8, 4) is 11.5 Å². The number of amides is 1. The number of aromatic nitrogens is 1. The number of hydrogen-bond donors (Lipinski definition) is 2. The molecule has 150 valence electrons. The maximum Gasteiger partial charge on any atom is 0.251 e. The third-order valence-corrected chi connectivity index (χ3v) is 4.33. The van der Waals surface area contributed by atoms with E-state index in [9.17, 15) is 4.79 Å². The predicted molar refractivity (Wildman–Crippen MR) is 114 cm³/mol. The van der Waals surface area contributed by atoms with Crippen molar-refractivity contribution in [2.45, 2.75) is 13.3 Å². The Morgan fingerprint density at radius 1 is 1.07 bits per heavy atom. The van der Waals surface area contributed by atoms with Crippen molar-refractivity contribution in [2.24, 2.45) is 0 Å². The molecule has 1 heterocycles. The van der Waals surface area contributed by atoms with Gasteiger partial charge in [0.15, 0.2) is 0 Å². The highest BCUT2D eigenvalue weighted by molar-refractivity contribution is 5.94. The molecule has 0 bridgehead atoms. The molecular formula is C23H25N3O3. The molecule has 0 atom stereocenters. The highest BCUT2D eigenvalue weighted by Gasteiger charge is 2.08. The van der Waals surface area contributed by atoms with Crippen LogP contribution in [0.2, 0.25) is 0 Å². The number of ether oxygens (including phenoxy) is 2. The molecule has 2 N–H and O–H groups in total. The number of pyridine rings is 1. The molecule has 0 saturated heterocycles. The molecule has 0 fully saturated rings. The Balaban J connectivity index is 1.57. The normalized spacial score (nSPS) is 10.3. The zero-order valence-electron chi connectivity index (χ0n) is 16.6. The molecule has 0 aliphatic rings. The van der Waals surface area contributed by atoms with E-state index in [4.69, 9.17) is 9.47 Å². The second kappa shape index (κ2) is 10.1. The van der Waals surface area contributed by atoms with E-state index in [-0.39, 0.29) is 5.91 Å². The number of hydrogen-bond acceptors (Lipinski definition) is 5. The number of anilines is 2. The summed E-state index contributed by atoms with van der Waals surface area (Å²) in [6.45, 7) is 3.09. The summed E-state index contributed by atoms with van der Waals surface area (Å²) in [5, 5.41) is 6.15. The van der Waals surface area contributed by atoms with E-state index >= 15 is 0 Å². The van der Waals surface area contributed by atoms with Crippen molar-refractivity contribution >= 4 is 17.4 Å². The summed E-state index contributed by atoms with van der Waals surface area (Å²) in [5.41, 5.74) is 2.48. The summed E-state index contributed by atoms with van der Waals surface area (Å²) in [7, 11) is 1.65. The van der Waals surface area contributed by atoms with Gasteiger partial charge in [-0.1, -0.05) is 18.2 Å². The fourth-order valence-corrected chi connectivity index (χ4v) is 2.91. The minimum atomic E-state index is -0.142. The molecule has 1 aromatic heterocycles. The van der Waals surface area contributed by atoms with Crippen molar-refractivity contribution in [1.82, 2.24) is 10.3 Å². The predicted octanol–water partition coefficient (Wildman–Crippen LogP) is 4.21. The fraction of sp³-hybridized carbons (Fsp3) is 0.217. The van der Waals surface area contributed by atoms with Gasteiger partial charge >= 0.3 is 0 Å². The summed E-state index contributed by atoms with van der Waals surface area (Å²) in [5.74, 6) is 2.10. The van der Waals surface area contributed by atoms with Crippen LogP contribution in [0.15, 0.2) is 66.9 Å². The zero-order valence-corrected chi connectivity index (χ0v) is 16.6. The smallest absolute Gasteiger partial charge is 0.251 e. The summed E-state index contributed by atoms with van der Waals surface area (Å²) in [6.07, 6.45) is 2.31. The first-order chi connectivity index (χ1) is 14.2. The molecule has 0 aliphatic heterocycles. The maximum atomic E-state index is 12.5. The molecule has 3 aromatic rings. The van der Waals surface area contributed by atoms with Gasteiger partial charge in [0.25, 0.3) is 5.91 Å². The third-order valence-electron chi connectivity index (χ3n) is 4.33. The Labute approximate surface area is 170 Å². The first kappa shape index (κ1) is 20.2. The monoisotopic (exact) mass is 391 g/mol. The van der Waals surface area contributed by atoms with Gasteiger partial charge in [-0.15, -0.1) is 0 Å². The lowest BCUT2D eigenvalue weighted by Gasteiger charge is -2.10. The molecular weight excluding hydrogens is 366 g/mol. The van der Waals surface area contributed by atoms with Crippen molar-refractivity contribution in [3.63, 3.8) is 0 Å². The average molecular weight is 391 g/mol. The Bertz CT molecular complexity index is 942. The SMILES string of the molecule is CCOc1ccc(Nc2cc(C(=O)NCCc3ccccc3OC)ccn2)cc1. The van der Waals surface area contributed by atoms with Crippen LogP contribution in [0, 0.1) is 0 Å². The van der Waals surface area contributed by atoms with Crippen molar-refractivity contribution in [3.05, 3.63) is 78.0 Å². The first-order valence-electron chi connectivity index (χ1n) is 9.55. The van der Waals surface area contributed by atoms with E-state index in [0.717, 1.165) is 22.7 Å². The lowest BCUT2D eigenvalue weighted by Crippen LogP contribution is -2.25. The number of nitrogens with one attached hydrogen (secondary N) is 2. The minimum absolute atomic E-state index is 0.142. The van der Waals surface area contributed by atoms with E-state index < -0.39 is 0 Å². The summed E-state index contributed by atoms with van der Waals surface area (Å²) in [4.78, 5) is 16.8. The first-order valence-corrected chi connectivity index (χ1v) is 9.55. The molecule has 0 unspecified atom stereocenters. The number of methoxy groups -OCH3 is 1. The molecule has 2 aromatic carbocycles. The van der Waals surface area contributed by atoms with Gasteiger partial charge in [-0.3, -0.25) is 4.79 Å². The lowest BCUT2D eigenvalue weighted by atomic mass is 10.1. The highest BCUT2D eigenvalue weighted by atomic mass is 16.5. The molecule has 6 nitrogen and oxygen atoms in total. The van der Waals surface area contributed by atoms with Crippen molar-refractivity contribution in [2.75, 3.05) is 25.6 Å². The lowest BCUT2D eigenvalue weighted by molar-refractivity contribution is 0.0954. The standard InChI is InChI=1S/C23H25N3O3/c1-3-29-20-10-8-19(9-11-20)26-22-16-18(13-14-24-22)23(27)25-15-12-17-6-4-5-7-21(17)28-2/h4-11,13-14,16H,3,12,15H2,1-2H3,(H,24,26)(H,25,27). The Morgan fingerprint density at radius 3 is 2.62 bits per heavy atom. The van der Waals surface area contributed by atoms with Crippen LogP contribution >= 0.6 is 0 Å². The largest absolute Gasteiger partial charge is 0.496 e. The van der Waals surface area contributed by atoms with Crippen LogP contribution in [0.4, 0.5) is 11.5 Å². The Morgan fingerprint density at radius 2 is 1.86 bits per heavy atom. The minimum Gasteiger partial charge on any atom is -0.496 e. The van der Waals surface area contributed by atoms with Crippen LogP contribution in [-0.2, 0) is 6.42 Å². The van der Waals surface area contributed by atoms with Gasteiger partial charge in [-0.25, -0.2) is 4.98 Å². The van der Waals surface area contributed by atoms with Gasteiger partial charge in [-0.2, -0.15) is 0 Å². The van der Waals surface area contributed by atoms with E-state index in [1.54, 1.807) is 25.4 Å². The number of carbonyl (C=O) groups is 1. The number of para-hydroxylation sites is 1. The second-order valence-corrected chi connectivity index (χ2v) is 6.33. The quantitative estimate of drug-likeness (QED) is 0.572. The van der Waals surface area contributed by atoms with Crippen molar-refractivity contribution in [1.29, 1.82) is 0 Å². The Hall–Kier alpha value is -3.54. The van der Waals surface area contributed by atoms with Crippen LogP contribution in [0.1, 0.15) is 22.8 Å². The third kappa shape index (κ3) is 5.72. The fourth-order valence-electron chi connectivity index (χ4n) is 2.91. The van der Waals surface area contributed by atoms with Crippen LogP contribution < -0.4 is 20.1 Å². The topological polar surface area (TPSA) is 72.5 Å². The van der Waals surface area contributed by atoms with E-state index in [1.165, 1.54) is 0 Å². The zero-order chi connectivity index (χ0) is 20.5. The molecule has 0 saturated carbocycles. The molecule has 6 heteroatoms. The van der Waals surface area contributed by atoms with Crippen LogP contribution in [-0.4, -0.2) is 31.2 Å². The number of carbonyl (C=O) groups excluding carboxylic acids is 1. The average Bonchev–Trinajstić information content (AvgIpc) is 2.76. The van der Waals surface area contributed by atoms with Gasteiger partial charge in [0.2, 0.25) is 0 Å². The Kier molecular flexibility index (Phi) is 7.05. The van der Waals surface area contributed by atoms with E-state index in [1.807, 2.05) is 55.5 Å². The van der Waals surface area contributed by atoms with E-state index in [2.05, 4.69) is 15.6 Å². The van der Waals surface area contributed by atoms with Gasteiger partial charge in [0.1, 0.15) is 17.3 Å². The summed E-state index contributed by atoms with van der Waals surface area (Å²) in [6, 6.07) is 18.8.